The summed E-state index contributed by atoms with van der Waals surface area (Å²) in [4.78, 5) is 27.9. The molecule has 186 valence electrons. The fourth-order valence-corrected chi connectivity index (χ4v) is 4.10. The molecule has 0 fully saturated rings. The van der Waals surface area contributed by atoms with E-state index in [-0.39, 0.29) is 23.9 Å². The van der Waals surface area contributed by atoms with E-state index in [9.17, 15) is 9.36 Å². The molecule has 0 rings (SSSR count). The standard InChI is InChI=1S/C23H47O7P/c1-22(2,14-6-5-13-21(24)25)15-7-10-18-29-19-11-8-16-23(3,4)17-9-12-20-30-31(26,27)28/h5-20H2,1-4H3,(H,24,25)(H2,26,27,28). The molecule has 0 aliphatic rings. The quantitative estimate of drug-likeness (QED) is 0.134. The van der Waals surface area contributed by atoms with E-state index in [0.29, 0.717) is 6.42 Å². The molecule has 0 aliphatic carbocycles. The fraction of sp³-hybridized carbons (Fsp3) is 0.957. The van der Waals surface area contributed by atoms with Crippen LogP contribution in [0.2, 0.25) is 0 Å². The van der Waals surface area contributed by atoms with Gasteiger partial charge in [0.15, 0.2) is 0 Å². The fourth-order valence-electron chi connectivity index (χ4n) is 3.74. The number of unbranched alkanes of at least 4 members (excludes halogenated alkanes) is 4. The van der Waals surface area contributed by atoms with Gasteiger partial charge in [-0.05, 0) is 62.2 Å². The lowest BCUT2D eigenvalue weighted by Crippen LogP contribution is -2.12. The predicted molar refractivity (Wildman–Crippen MR) is 124 cm³/mol. The molecule has 0 saturated heterocycles. The molecular formula is C23H47O7P. The summed E-state index contributed by atoms with van der Waals surface area (Å²) in [5.41, 5.74) is 0.490. The molecule has 0 amide bonds. The molecule has 7 nitrogen and oxygen atoms in total. The molecule has 0 aliphatic heterocycles. The van der Waals surface area contributed by atoms with E-state index < -0.39 is 13.8 Å². The number of carboxylic acids is 1. The van der Waals surface area contributed by atoms with Gasteiger partial charge in [0.1, 0.15) is 0 Å². The second kappa shape index (κ2) is 16.2. The van der Waals surface area contributed by atoms with Crippen molar-refractivity contribution in [1.82, 2.24) is 0 Å². The zero-order valence-corrected chi connectivity index (χ0v) is 21.1. The summed E-state index contributed by atoms with van der Waals surface area (Å²) in [6.07, 6.45) is 12.3. The molecule has 0 spiro atoms. The Morgan fingerprint density at radius 2 is 1.10 bits per heavy atom. The van der Waals surface area contributed by atoms with E-state index in [4.69, 9.17) is 19.6 Å². The highest BCUT2D eigenvalue weighted by atomic mass is 31.2. The average molecular weight is 467 g/mol. The maximum Gasteiger partial charge on any atom is 0.469 e. The third-order valence-electron chi connectivity index (χ3n) is 5.79. The van der Waals surface area contributed by atoms with Gasteiger partial charge < -0.3 is 19.6 Å². The monoisotopic (exact) mass is 466 g/mol. The van der Waals surface area contributed by atoms with Gasteiger partial charge in [0.25, 0.3) is 0 Å². The minimum Gasteiger partial charge on any atom is -0.481 e. The second-order valence-electron chi connectivity index (χ2n) is 10.2. The Kier molecular flexibility index (Phi) is 16.0. The molecule has 0 heterocycles. The minimum atomic E-state index is -4.33. The highest BCUT2D eigenvalue weighted by molar-refractivity contribution is 7.46. The molecule has 0 aromatic heterocycles. The molecule has 8 heteroatoms. The molecule has 0 unspecified atom stereocenters. The Balaban J connectivity index is 3.58. The summed E-state index contributed by atoms with van der Waals surface area (Å²) in [6.45, 7) is 10.7. The lowest BCUT2D eigenvalue weighted by Gasteiger charge is -2.25. The average Bonchev–Trinajstić information content (AvgIpc) is 2.62. The van der Waals surface area contributed by atoms with E-state index in [2.05, 4.69) is 32.2 Å². The van der Waals surface area contributed by atoms with Crippen LogP contribution in [-0.4, -0.2) is 40.7 Å². The first-order valence-corrected chi connectivity index (χ1v) is 13.4. The van der Waals surface area contributed by atoms with Crippen molar-refractivity contribution < 1.29 is 33.5 Å². The predicted octanol–water partition coefficient (Wildman–Crippen LogP) is 6.32. The number of hydrogen-bond acceptors (Lipinski definition) is 4. The molecule has 0 radical (unpaired) electrons. The van der Waals surface area contributed by atoms with Gasteiger partial charge in [-0.1, -0.05) is 53.4 Å². The number of phosphoric acid groups is 1. The van der Waals surface area contributed by atoms with E-state index in [0.717, 1.165) is 83.8 Å². The molecule has 0 bridgehead atoms. The van der Waals surface area contributed by atoms with Gasteiger partial charge in [0.05, 0.1) is 6.61 Å². The van der Waals surface area contributed by atoms with Crippen LogP contribution < -0.4 is 0 Å². The summed E-state index contributed by atoms with van der Waals surface area (Å²) < 4.78 is 20.9. The van der Waals surface area contributed by atoms with Crippen molar-refractivity contribution in [2.24, 2.45) is 10.8 Å². The van der Waals surface area contributed by atoms with Crippen molar-refractivity contribution in [2.45, 2.75) is 111 Å². The van der Waals surface area contributed by atoms with Gasteiger partial charge in [-0.15, -0.1) is 0 Å². The topological polar surface area (TPSA) is 113 Å². The Morgan fingerprint density at radius 3 is 1.48 bits per heavy atom. The Labute approximate surface area is 189 Å². The van der Waals surface area contributed by atoms with Crippen molar-refractivity contribution in [2.75, 3.05) is 19.8 Å². The van der Waals surface area contributed by atoms with Crippen LogP contribution in [0, 0.1) is 10.8 Å². The van der Waals surface area contributed by atoms with Crippen LogP contribution >= 0.6 is 7.82 Å². The van der Waals surface area contributed by atoms with Gasteiger partial charge >= 0.3 is 13.8 Å². The third kappa shape index (κ3) is 22.5. The van der Waals surface area contributed by atoms with Crippen molar-refractivity contribution in [3.05, 3.63) is 0 Å². The zero-order chi connectivity index (χ0) is 23.8. The first-order valence-electron chi connectivity index (χ1n) is 11.8. The van der Waals surface area contributed by atoms with Crippen LogP contribution in [-0.2, 0) is 18.6 Å². The number of ether oxygens (including phenoxy) is 1. The Bertz CT molecular complexity index is 514. The summed E-state index contributed by atoms with van der Waals surface area (Å²) in [6, 6.07) is 0. The molecular weight excluding hydrogens is 419 g/mol. The van der Waals surface area contributed by atoms with Crippen molar-refractivity contribution in [3.8, 4) is 0 Å². The third-order valence-corrected chi connectivity index (χ3v) is 6.30. The molecule has 0 saturated carbocycles. The summed E-state index contributed by atoms with van der Waals surface area (Å²) in [5, 5.41) is 8.70. The Hall–Kier alpha value is -0.460. The van der Waals surface area contributed by atoms with E-state index >= 15 is 0 Å². The first kappa shape index (κ1) is 30.5. The van der Waals surface area contributed by atoms with Crippen molar-refractivity contribution in [1.29, 1.82) is 0 Å². The first-order chi connectivity index (χ1) is 14.3. The number of aliphatic carboxylic acids is 1. The zero-order valence-electron chi connectivity index (χ0n) is 20.2. The summed E-state index contributed by atoms with van der Waals surface area (Å²) >= 11 is 0. The van der Waals surface area contributed by atoms with Gasteiger partial charge in [0.2, 0.25) is 0 Å². The number of hydrogen-bond donors (Lipinski definition) is 3. The van der Waals surface area contributed by atoms with Gasteiger partial charge in [-0.2, -0.15) is 0 Å². The number of carboxylic acid groups (broad SMARTS) is 1. The smallest absolute Gasteiger partial charge is 0.469 e. The van der Waals surface area contributed by atoms with Gasteiger partial charge in [-0.25, -0.2) is 4.57 Å². The SMILES string of the molecule is CC(C)(CCCCOCCCCC(C)(C)CCCCC(=O)O)CCCCOP(=O)(O)O. The largest absolute Gasteiger partial charge is 0.481 e. The number of phosphoric ester groups is 1. The summed E-state index contributed by atoms with van der Waals surface area (Å²) in [7, 11) is -4.33. The molecule has 31 heavy (non-hydrogen) atoms. The minimum absolute atomic E-state index is 0.107. The van der Waals surface area contributed by atoms with Crippen LogP contribution in [0.4, 0.5) is 0 Å². The molecule has 0 aromatic carbocycles. The lowest BCUT2D eigenvalue weighted by atomic mass is 9.82. The molecule has 3 N–H and O–H groups in total. The maximum absolute atomic E-state index is 10.6. The van der Waals surface area contributed by atoms with E-state index in [1.165, 1.54) is 0 Å². The van der Waals surface area contributed by atoms with Crippen LogP contribution in [0.15, 0.2) is 0 Å². The number of carbonyl (C=O) groups is 1. The van der Waals surface area contributed by atoms with E-state index in [1.54, 1.807) is 0 Å². The van der Waals surface area contributed by atoms with Gasteiger partial charge in [0, 0.05) is 19.6 Å². The molecule has 0 aromatic rings. The maximum atomic E-state index is 10.6. The van der Waals surface area contributed by atoms with Crippen LogP contribution in [0.25, 0.3) is 0 Å². The van der Waals surface area contributed by atoms with Crippen LogP contribution in [0.3, 0.4) is 0 Å². The lowest BCUT2D eigenvalue weighted by molar-refractivity contribution is -0.137. The van der Waals surface area contributed by atoms with E-state index in [1.807, 2.05) is 0 Å². The molecule has 0 atom stereocenters. The second-order valence-corrected chi connectivity index (χ2v) is 11.5. The highest BCUT2D eigenvalue weighted by Crippen LogP contribution is 2.36. The van der Waals surface area contributed by atoms with Crippen LogP contribution in [0.5, 0.6) is 0 Å². The number of rotatable bonds is 21. The van der Waals surface area contributed by atoms with Crippen molar-refractivity contribution >= 4 is 13.8 Å². The Morgan fingerprint density at radius 1 is 0.710 bits per heavy atom. The van der Waals surface area contributed by atoms with Crippen molar-refractivity contribution in [3.63, 3.8) is 0 Å². The normalized spacial score (nSPS) is 13.0. The van der Waals surface area contributed by atoms with Crippen LogP contribution in [0.1, 0.15) is 111 Å². The summed E-state index contributed by atoms with van der Waals surface area (Å²) in [5.74, 6) is -0.704. The van der Waals surface area contributed by atoms with Gasteiger partial charge in [-0.3, -0.25) is 9.32 Å². The highest BCUT2D eigenvalue weighted by Gasteiger charge is 2.18.